The number of benzene rings is 2. The smallest absolute Gasteiger partial charge is 0.252 e. The van der Waals surface area contributed by atoms with Gasteiger partial charge in [-0.25, -0.2) is 9.82 Å². The summed E-state index contributed by atoms with van der Waals surface area (Å²) < 4.78 is 19.9. The lowest BCUT2D eigenvalue weighted by atomic mass is 9.84. The number of piperidine rings is 1. The number of fused-ring (bicyclic) bond motifs is 1. The molecule has 4 N–H and O–H groups in total. The molecule has 0 aliphatic carbocycles. The van der Waals surface area contributed by atoms with Crippen LogP contribution >= 0.6 is 0 Å². The summed E-state index contributed by atoms with van der Waals surface area (Å²) in [5.41, 5.74) is 7.69. The van der Waals surface area contributed by atoms with Crippen molar-refractivity contribution in [2.24, 2.45) is 5.92 Å². The van der Waals surface area contributed by atoms with Gasteiger partial charge in [-0.2, -0.15) is 5.26 Å². The second kappa shape index (κ2) is 8.17. The summed E-state index contributed by atoms with van der Waals surface area (Å²) in [4.78, 5) is 12.7. The molecule has 0 aromatic heterocycles. The lowest BCUT2D eigenvalue weighted by Gasteiger charge is -2.35. The Morgan fingerprint density at radius 1 is 1.28 bits per heavy atom. The molecule has 2 saturated heterocycles. The van der Waals surface area contributed by atoms with Gasteiger partial charge in [-0.1, -0.05) is 12.1 Å². The maximum absolute atomic E-state index is 14.5. The third-order valence-corrected chi connectivity index (χ3v) is 5.58. The molecule has 1 amide bonds. The number of hydrogen-bond acceptors (Lipinski definition) is 6. The summed E-state index contributed by atoms with van der Waals surface area (Å²) in [5, 5.41) is 15.4. The number of rotatable bonds is 4. The first kappa shape index (κ1) is 19.3. The van der Waals surface area contributed by atoms with Gasteiger partial charge in [-0.15, -0.1) is 0 Å². The van der Waals surface area contributed by atoms with Gasteiger partial charge in [-0.3, -0.25) is 10.2 Å². The van der Waals surface area contributed by atoms with Crippen LogP contribution in [0.3, 0.4) is 0 Å². The van der Waals surface area contributed by atoms with Gasteiger partial charge in [-0.05, 0) is 36.8 Å². The molecule has 2 aromatic carbocycles. The lowest BCUT2D eigenvalue weighted by Crippen LogP contribution is -2.49. The Kier molecular flexibility index (Phi) is 5.45. The Bertz CT molecular complexity index is 960. The number of halogens is 1. The quantitative estimate of drug-likeness (QED) is 0.628. The molecule has 29 heavy (non-hydrogen) atoms. The van der Waals surface area contributed by atoms with E-state index in [2.05, 4.69) is 21.5 Å². The second-order valence-corrected chi connectivity index (χ2v) is 7.26. The summed E-state index contributed by atoms with van der Waals surface area (Å²) in [6.07, 6.45) is 0.297. The monoisotopic (exact) mass is 395 g/mol. The average molecular weight is 395 g/mol. The first-order valence-corrected chi connectivity index (χ1v) is 9.48. The number of carbonyl (C=O) groups excluding carboxylic acids is 1. The van der Waals surface area contributed by atoms with Crippen molar-refractivity contribution in [3.8, 4) is 11.8 Å². The van der Waals surface area contributed by atoms with E-state index in [0.717, 1.165) is 0 Å². The van der Waals surface area contributed by atoms with Crippen molar-refractivity contribution in [3.63, 3.8) is 0 Å². The van der Waals surface area contributed by atoms with E-state index in [1.807, 2.05) is 6.07 Å². The maximum Gasteiger partial charge on any atom is 0.252 e. The number of nitriles is 1. The zero-order valence-electron chi connectivity index (χ0n) is 15.9. The largest absolute Gasteiger partial charge is 0.496 e. The number of ether oxygens (including phenoxy) is 1. The number of nitrogens with zero attached hydrogens (tertiary/aromatic N) is 1. The Morgan fingerprint density at radius 2 is 2.10 bits per heavy atom. The van der Waals surface area contributed by atoms with Gasteiger partial charge < -0.3 is 15.4 Å². The van der Waals surface area contributed by atoms with Crippen LogP contribution in [0.1, 0.15) is 33.9 Å². The highest BCUT2D eigenvalue weighted by molar-refractivity contribution is 5.94. The second-order valence-electron chi connectivity index (χ2n) is 7.26. The SMILES string of the molecule is COc1cccc(F)c1C1CC2C(CN1)NNC2NC(=O)c1cccc(C#N)c1. The summed E-state index contributed by atoms with van der Waals surface area (Å²) in [7, 11) is 1.53. The molecule has 0 bridgehead atoms. The van der Waals surface area contributed by atoms with Crippen molar-refractivity contribution in [1.29, 1.82) is 5.26 Å². The molecule has 0 spiro atoms. The van der Waals surface area contributed by atoms with Crippen molar-refractivity contribution in [1.82, 2.24) is 21.5 Å². The van der Waals surface area contributed by atoms with Crippen LogP contribution in [0.4, 0.5) is 4.39 Å². The van der Waals surface area contributed by atoms with Crippen LogP contribution in [0.2, 0.25) is 0 Å². The van der Waals surface area contributed by atoms with E-state index in [1.165, 1.54) is 13.2 Å². The van der Waals surface area contributed by atoms with E-state index in [0.29, 0.717) is 35.4 Å². The predicted molar refractivity (Wildman–Crippen MR) is 104 cm³/mol. The van der Waals surface area contributed by atoms with Crippen LogP contribution in [-0.2, 0) is 0 Å². The van der Waals surface area contributed by atoms with E-state index in [4.69, 9.17) is 10.00 Å². The predicted octanol–water partition coefficient (Wildman–Crippen LogP) is 1.59. The van der Waals surface area contributed by atoms with Gasteiger partial charge in [0.05, 0.1) is 24.9 Å². The van der Waals surface area contributed by atoms with E-state index in [1.54, 1.807) is 36.4 Å². The van der Waals surface area contributed by atoms with Crippen LogP contribution in [0.25, 0.3) is 0 Å². The number of methoxy groups -OCH3 is 1. The molecule has 4 atom stereocenters. The first-order chi connectivity index (χ1) is 14.1. The molecule has 8 heteroatoms. The Hall–Kier alpha value is -2.99. The normalized spacial score (nSPS) is 25.7. The fourth-order valence-corrected chi connectivity index (χ4v) is 4.12. The van der Waals surface area contributed by atoms with Crippen LogP contribution in [0.15, 0.2) is 42.5 Å². The molecule has 2 heterocycles. The highest BCUT2D eigenvalue weighted by Crippen LogP contribution is 2.36. The zero-order chi connectivity index (χ0) is 20.4. The van der Waals surface area contributed by atoms with Gasteiger partial charge >= 0.3 is 0 Å². The third-order valence-electron chi connectivity index (χ3n) is 5.58. The molecule has 7 nitrogen and oxygen atoms in total. The minimum Gasteiger partial charge on any atom is -0.496 e. The highest BCUT2D eigenvalue weighted by atomic mass is 19.1. The standard InChI is InChI=1S/C21H22FN5O2/c1-29-18-7-3-6-15(22)19(18)16-9-14-17(11-24-16)26-27-20(14)25-21(28)13-5-2-4-12(8-13)10-23/h2-8,14,16-17,20,24,26-27H,9,11H2,1H3,(H,25,28). The Labute approximate surface area is 168 Å². The van der Waals surface area contributed by atoms with Gasteiger partial charge in [0.2, 0.25) is 0 Å². The van der Waals surface area contributed by atoms with Crippen molar-refractivity contribution >= 4 is 5.91 Å². The molecule has 150 valence electrons. The van der Waals surface area contributed by atoms with Crippen molar-refractivity contribution < 1.29 is 13.9 Å². The van der Waals surface area contributed by atoms with Crippen molar-refractivity contribution in [3.05, 3.63) is 65.0 Å². The molecule has 2 aliphatic heterocycles. The molecule has 0 saturated carbocycles. The summed E-state index contributed by atoms with van der Waals surface area (Å²) in [5.74, 6) is -0.0174. The van der Waals surface area contributed by atoms with E-state index >= 15 is 0 Å². The average Bonchev–Trinajstić information content (AvgIpc) is 3.15. The number of carbonyl (C=O) groups is 1. The van der Waals surface area contributed by atoms with Crippen molar-refractivity contribution in [2.75, 3.05) is 13.7 Å². The molecular weight excluding hydrogens is 373 g/mol. The van der Waals surface area contributed by atoms with E-state index < -0.39 is 0 Å². The van der Waals surface area contributed by atoms with Gasteiger partial charge in [0.15, 0.2) is 0 Å². The van der Waals surface area contributed by atoms with Crippen LogP contribution in [0, 0.1) is 23.1 Å². The molecular formula is C21H22FN5O2. The Balaban J connectivity index is 1.50. The fourth-order valence-electron chi connectivity index (χ4n) is 4.12. The molecule has 2 aromatic rings. The van der Waals surface area contributed by atoms with Gasteiger partial charge in [0.25, 0.3) is 5.91 Å². The topological polar surface area (TPSA) is 98.2 Å². The van der Waals surface area contributed by atoms with Gasteiger partial charge in [0.1, 0.15) is 11.6 Å². The lowest BCUT2D eigenvalue weighted by molar-refractivity contribution is 0.0913. The minimum atomic E-state index is -0.319. The fraction of sp³-hybridized carbons (Fsp3) is 0.333. The molecule has 0 radical (unpaired) electrons. The van der Waals surface area contributed by atoms with Crippen LogP contribution in [0.5, 0.6) is 5.75 Å². The van der Waals surface area contributed by atoms with Crippen LogP contribution in [-0.4, -0.2) is 31.8 Å². The third kappa shape index (κ3) is 3.80. The summed E-state index contributed by atoms with van der Waals surface area (Å²) in [6, 6.07) is 13.3. The van der Waals surface area contributed by atoms with E-state index in [-0.39, 0.29) is 35.9 Å². The Morgan fingerprint density at radius 3 is 2.90 bits per heavy atom. The molecule has 2 fully saturated rings. The van der Waals surface area contributed by atoms with Crippen LogP contribution < -0.4 is 26.2 Å². The van der Waals surface area contributed by atoms with Crippen molar-refractivity contribution in [2.45, 2.75) is 24.7 Å². The minimum absolute atomic E-state index is 0.0497. The maximum atomic E-state index is 14.5. The van der Waals surface area contributed by atoms with Gasteiger partial charge in [0, 0.05) is 35.7 Å². The number of amides is 1. The first-order valence-electron chi connectivity index (χ1n) is 9.48. The zero-order valence-corrected chi connectivity index (χ0v) is 15.9. The van der Waals surface area contributed by atoms with E-state index in [9.17, 15) is 9.18 Å². The summed E-state index contributed by atoms with van der Waals surface area (Å²) >= 11 is 0. The molecule has 4 rings (SSSR count). The number of nitrogens with one attached hydrogen (secondary N) is 4. The highest BCUT2D eigenvalue weighted by Gasteiger charge is 2.42. The molecule has 2 aliphatic rings. The molecule has 4 unspecified atom stereocenters. The number of hydrazine groups is 1. The summed E-state index contributed by atoms with van der Waals surface area (Å²) in [6.45, 7) is 0.621. The number of hydrogen-bond donors (Lipinski definition) is 4.